The Labute approximate surface area is 675 Å². The number of nitrogens with zero attached hydrogens (tertiary/aromatic N) is 2. The smallest absolute Gasteiger partial charge is 0.333 e. The van der Waals surface area contributed by atoms with E-state index in [1.54, 1.807) is 0 Å². The fraction of sp³-hybridized carbons (Fsp3) is 0.978. The second-order valence-electron chi connectivity index (χ2n) is 33.3. The fourth-order valence-corrected chi connectivity index (χ4v) is 17.7. The summed E-state index contributed by atoms with van der Waals surface area (Å²) in [4.78, 5) is 31.1. The first-order valence-corrected chi connectivity index (χ1v) is 53.1. The van der Waals surface area contributed by atoms with Gasteiger partial charge in [-0.1, -0.05) is 311 Å². The molecule has 4 atom stereocenters. The lowest BCUT2D eigenvalue weighted by Crippen LogP contribution is -2.39. The highest BCUT2D eigenvalue weighted by Crippen LogP contribution is 2.24. The van der Waals surface area contributed by atoms with Gasteiger partial charge in [-0.15, -0.1) is 0 Å². The second-order valence-corrected chi connectivity index (χ2v) is 39.9. The number of carbonyl (C=O) groups excluding carboxylic acids is 2. The minimum atomic E-state index is -2.20. The number of hydrogen-bond donors (Lipinski definition) is 2. The van der Waals surface area contributed by atoms with Gasteiger partial charge in [0.2, 0.25) is 0 Å². The van der Waals surface area contributed by atoms with E-state index in [0.29, 0.717) is 13.2 Å². The van der Waals surface area contributed by atoms with Crippen LogP contribution in [0, 0.1) is 11.8 Å². The number of hydrogen-bond acceptors (Lipinski definition) is 14. The monoisotopic (exact) mass is 1570 g/mol. The van der Waals surface area contributed by atoms with Crippen molar-refractivity contribution in [2.24, 2.45) is 11.8 Å². The standard InChI is InChI=1S/2C46H95NO6Si/c2*1-7-10-13-16-18-19-23-32-41-50-44(4)53-54(5,6)52-43-34-25-22-29-38-47(39-30-31-40-48)37-28-21-24-33-42-51-46(49)45(35-26-15-12-9-3)36-27-20-17-14-11-8-2/h2*44-45,48H,7-43H2,1-6H3. The predicted octanol–water partition coefficient (Wildman–Crippen LogP) is 26.6. The maximum absolute atomic E-state index is 13.0. The second kappa shape index (κ2) is 85.3. The number of ether oxygens (including phenoxy) is 4. The van der Waals surface area contributed by atoms with Crippen LogP contribution in [0.1, 0.15) is 441 Å². The molecular weight excluding hydrogens is 1380 g/mol. The van der Waals surface area contributed by atoms with E-state index in [-0.39, 0.29) is 49.6 Å². The van der Waals surface area contributed by atoms with Crippen molar-refractivity contribution in [3.05, 3.63) is 0 Å². The van der Waals surface area contributed by atoms with Crippen LogP contribution in [0.4, 0.5) is 0 Å². The summed E-state index contributed by atoms with van der Waals surface area (Å²) >= 11 is 0. The maximum atomic E-state index is 13.0. The van der Waals surface area contributed by atoms with Crippen LogP contribution < -0.4 is 0 Å². The molecule has 0 aliphatic heterocycles. The minimum Gasteiger partial charge on any atom is -0.465 e. The zero-order chi connectivity index (χ0) is 79.6. The number of carbonyl (C=O) groups is 2. The Bertz CT molecular complexity index is 1670. The van der Waals surface area contributed by atoms with E-state index < -0.39 is 17.1 Å². The lowest BCUT2D eigenvalue weighted by atomic mass is 9.94. The third-order valence-electron chi connectivity index (χ3n) is 21.5. The Morgan fingerprint density at radius 1 is 0.269 bits per heavy atom. The molecule has 0 aliphatic carbocycles. The van der Waals surface area contributed by atoms with Gasteiger partial charge >= 0.3 is 29.1 Å². The summed E-state index contributed by atoms with van der Waals surface area (Å²) in [6, 6.07) is 0. The van der Waals surface area contributed by atoms with E-state index in [1.807, 2.05) is 13.8 Å². The number of aliphatic hydroxyl groups excluding tert-OH is 2. The summed E-state index contributed by atoms with van der Waals surface area (Å²) in [6.45, 7) is 37.4. The largest absolute Gasteiger partial charge is 0.465 e. The number of unbranched alkanes of at least 4 members (excludes halogenated alkanes) is 44. The molecule has 0 aliphatic rings. The maximum Gasteiger partial charge on any atom is 0.333 e. The first-order valence-electron chi connectivity index (χ1n) is 47.4. The highest BCUT2D eigenvalue weighted by Gasteiger charge is 2.29. The molecule has 0 aromatic carbocycles. The predicted molar refractivity (Wildman–Crippen MR) is 467 cm³/mol. The van der Waals surface area contributed by atoms with Gasteiger partial charge in [-0.25, -0.2) is 0 Å². The zero-order valence-corrected chi connectivity index (χ0v) is 76.5. The summed E-state index contributed by atoms with van der Waals surface area (Å²) in [7, 11) is -4.40. The Hall–Kier alpha value is -1.03. The van der Waals surface area contributed by atoms with Crippen LogP contribution in [0.5, 0.6) is 0 Å². The Morgan fingerprint density at radius 3 is 0.731 bits per heavy atom. The fourth-order valence-electron chi connectivity index (χ4n) is 14.6. The number of rotatable bonds is 88. The third kappa shape index (κ3) is 80.2. The molecular formula is C92H190N2O12Si2. The van der Waals surface area contributed by atoms with E-state index >= 15 is 0 Å². The Morgan fingerprint density at radius 2 is 0.472 bits per heavy atom. The van der Waals surface area contributed by atoms with Gasteiger partial charge in [0, 0.05) is 39.6 Å². The van der Waals surface area contributed by atoms with Gasteiger partial charge < -0.3 is 56.7 Å². The average Bonchev–Trinajstić information content (AvgIpc) is 0.923. The van der Waals surface area contributed by atoms with Crippen LogP contribution in [-0.2, 0) is 46.2 Å². The first-order chi connectivity index (χ1) is 52.6. The van der Waals surface area contributed by atoms with Crippen LogP contribution >= 0.6 is 0 Å². The van der Waals surface area contributed by atoms with Crippen LogP contribution in [0.2, 0.25) is 26.2 Å². The van der Waals surface area contributed by atoms with Crippen molar-refractivity contribution >= 4 is 29.1 Å². The molecule has 0 fully saturated rings. The molecule has 2 N–H and O–H groups in total. The zero-order valence-electron chi connectivity index (χ0n) is 74.5. The van der Waals surface area contributed by atoms with E-state index in [9.17, 15) is 19.8 Å². The van der Waals surface area contributed by atoms with E-state index in [2.05, 4.69) is 77.5 Å². The molecule has 648 valence electrons. The highest BCUT2D eigenvalue weighted by atomic mass is 28.4. The van der Waals surface area contributed by atoms with E-state index in [0.717, 1.165) is 194 Å². The summed E-state index contributed by atoms with van der Waals surface area (Å²) in [5.74, 6) is 0.312. The van der Waals surface area contributed by atoms with Crippen molar-refractivity contribution in [3.63, 3.8) is 0 Å². The van der Waals surface area contributed by atoms with Gasteiger partial charge in [-0.3, -0.25) is 9.59 Å². The van der Waals surface area contributed by atoms with Crippen LogP contribution in [0.3, 0.4) is 0 Å². The molecule has 0 aromatic heterocycles. The molecule has 108 heavy (non-hydrogen) atoms. The SMILES string of the molecule is CCCCCCCCCCOC(C)O[Si](C)(C)OCCCCCCN(CCCCO)CCCCCCOC(=O)C(CCCCCC)CCCCCCCC.CCCCCCCCCCOC(C)O[Si](C)(C)OCCCCCCN(CCCCO)CCCCCCOC(=O)C(CCCCCC)CCCCCCCC. The van der Waals surface area contributed by atoms with Crippen molar-refractivity contribution in [2.75, 3.05) is 92.1 Å². The van der Waals surface area contributed by atoms with Crippen molar-refractivity contribution in [2.45, 2.75) is 479 Å². The van der Waals surface area contributed by atoms with Crippen molar-refractivity contribution in [3.8, 4) is 0 Å². The molecule has 0 amide bonds. The lowest BCUT2D eigenvalue weighted by Gasteiger charge is -2.27. The molecule has 16 heteroatoms. The van der Waals surface area contributed by atoms with E-state index in [4.69, 9.17) is 36.7 Å². The molecule has 0 radical (unpaired) electrons. The Kier molecular flexibility index (Phi) is 86.2. The Balaban J connectivity index is 0. The molecule has 0 bridgehead atoms. The normalized spacial score (nSPS) is 13.2. The number of aliphatic hydroxyl groups is 2. The molecule has 14 nitrogen and oxygen atoms in total. The highest BCUT2D eigenvalue weighted by molar-refractivity contribution is 6.64. The van der Waals surface area contributed by atoms with Gasteiger partial charge in [0.25, 0.3) is 0 Å². The summed E-state index contributed by atoms with van der Waals surface area (Å²) in [5, 5.41) is 18.6. The van der Waals surface area contributed by atoms with Crippen LogP contribution in [0.15, 0.2) is 0 Å². The van der Waals surface area contributed by atoms with Gasteiger partial charge in [-0.05, 0) is 195 Å². The van der Waals surface area contributed by atoms with Crippen molar-refractivity contribution in [1.82, 2.24) is 9.80 Å². The minimum absolute atomic E-state index is 0.0598. The van der Waals surface area contributed by atoms with Crippen LogP contribution in [-0.4, -0.2) is 154 Å². The van der Waals surface area contributed by atoms with Gasteiger partial charge in [-0.2, -0.15) is 0 Å². The summed E-state index contributed by atoms with van der Waals surface area (Å²) in [5.41, 5.74) is 0. The molecule has 0 spiro atoms. The van der Waals surface area contributed by atoms with Gasteiger partial charge in [0.1, 0.15) is 12.6 Å². The van der Waals surface area contributed by atoms with Gasteiger partial charge in [0.05, 0.1) is 25.0 Å². The van der Waals surface area contributed by atoms with E-state index in [1.165, 1.54) is 257 Å². The summed E-state index contributed by atoms with van der Waals surface area (Å²) < 4.78 is 48.4. The molecule has 0 saturated carbocycles. The molecule has 4 unspecified atom stereocenters. The number of esters is 2. The summed E-state index contributed by atoms with van der Waals surface area (Å²) in [6.07, 6.45) is 71.6. The quantitative estimate of drug-likeness (QED) is 0.0257. The van der Waals surface area contributed by atoms with Crippen molar-refractivity contribution < 1.29 is 56.5 Å². The average molecular weight is 1570 g/mol. The molecule has 0 heterocycles. The van der Waals surface area contributed by atoms with Crippen LogP contribution in [0.25, 0.3) is 0 Å². The van der Waals surface area contributed by atoms with Crippen molar-refractivity contribution in [1.29, 1.82) is 0 Å². The lowest BCUT2D eigenvalue weighted by molar-refractivity contribution is -0.150. The molecule has 0 saturated heterocycles. The van der Waals surface area contributed by atoms with Gasteiger partial charge in [0.15, 0.2) is 0 Å². The topological polar surface area (TPSA) is 155 Å². The molecule has 0 rings (SSSR count). The third-order valence-corrected chi connectivity index (χ3v) is 25.1. The first kappa shape index (κ1) is 109. The molecule has 0 aromatic rings.